The second kappa shape index (κ2) is 11.1. The average Bonchev–Trinajstić information content (AvgIpc) is 2.54. The van der Waals surface area contributed by atoms with Gasteiger partial charge in [0.2, 0.25) is 0 Å². The Morgan fingerprint density at radius 3 is 2.26 bits per heavy atom. The van der Waals surface area contributed by atoms with Crippen LogP contribution in [0.5, 0.6) is 0 Å². The van der Waals surface area contributed by atoms with Crippen LogP contribution in [0.1, 0.15) is 58.3 Å². The minimum atomic E-state index is 0.742. The van der Waals surface area contributed by atoms with Crippen LogP contribution in [0.2, 0.25) is 0 Å². The first kappa shape index (κ1) is 17.5. The van der Waals surface area contributed by atoms with E-state index in [0.717, 1.165) is 6.04 Å². The fraction of sp³-hybridized carbons (Fsp3) is 1.00. The van der Waals surface area contributed by atoms with Crippen molar-refractivity contribution < 1.29 is 0 Å². The molecule has 0 spiro atoms. The number of alkyl halides is 1. The Morgan fingerprint density at radius 1 is 0.947 bits per heavy atom. The Morgan fingerprint density at radius 2 is 1.58 bits per heavy atom. The maximum atomic E-state index is 3.49. The zero-order valence-corrected chi connectivity index (χ0v) is 14.6. The summed E-state index contributed by atoms with van der Waals surface area (Å²) in [5.74, 6) is 0. The Labute approximate surface area is 129 Å². The number of hydrogen-bond donors (Lipinski definition) is 0. The summed E-state index contributed by atoms with van der Waals surface area (Å²) in [4.78, 5) is 5.18. The molecule has 1 heterocycles. The van der Waals surface area contributed by atoms with Crippen molar-refractivity contribution in [2.24, 2.45) is 0 Å². The van der Waals surface area contributed by atoms with Crippen molar-refractivity contribution >= 4 is 15.9 Å². The molecule has 1 rings (SSSR count). The van der Waals surface area contributed by atoms with Crippen molar-refractivity contribution in [2.75, 3.05) is 38.6 Å². The molecule has 0 aromatic carbocycles. The van der Waals surface area contributed by atoms with E-state index in [-0.39, 0.29) is 0 Å². The quantitative estimate of drug-likeness (QED) is 0.462. The molecular weight excluding hydrogens is 300 g/mol. The van der Waals surface area contributed by atoms with Gasteiger partial charge >= 0.3 is 0 Å². The molecule has 1 unspecified atom stereocenters. The molecule has 0 bridgehead atoms. The normalized spacial score (nSPS) is 22.6. The monoisotopic (exact) mass is 332 g/mol. The van der Waals surface area contributed by atoms with Crippen LogP contribution in [0.15, 0.2) is 0 Å². The van der Waals surface area contributed by atoms with E-state index in [1.165, 1.54) is 82.9 Å². The minimum absolute atomic E-state index is 0.742. The van der Waals surface area contributed by atoms with E-state index in [4.69, 9.17) is 0 Å². The van der Waals surface area contributed by atoms with Gasteiger partial charge in [-0.2, -0.15) is 0 Å². The van der Waals surface area contributed by atoms with Gasteiger partial charge in [0.05, 0.1) is 0 Å². The van der Waals surface area contributed by atoms with Crippen molar-refractivity contribution in [3.05, 3.63) is 0 Å². The summed E-state index contributed by atoms with van der Waals surface area (Å²) in [6, 6.07) is 0.742. The lowest BCUT2D eigenvalue weighted by molar-refractivity contribution is 0.198. The molecule has 1 saturated heterocycles. The molecule has 19 heavy (non-hydrogen) atoms. The molecule has 0 aromatic heterocycles. The minimum Gasteiger partial charge on any atom is -0.305 e. The van der Waals surface area contributed by atoms with Gasteiger partial charge in [-0.1, -0.05) is 48.0 Å². The van der Waals surface area contributed by atoms with E-state index in [0.29, 0.717) is 0 Å². The fourth-order valence-electron chi connectivity index (χ4n) is 3.05. The number of nitrogens with zero attached hydrogens (tertiary/aromatic N) is 2. The van der Waals surface area contributed by atoms with E-state index in [1.807, 2.05) is 0 Å². The maximum Gasteiger partial charge on any atom is 0.0194 e. The standard InChI is InChI=1S/C16H33BrN2/c1-16-15-18(2)12-10-14-19(16)13-9-7-5-3-4-6-8-11-17/h16H,3-15H2,1-2H3. The highest BCUT2D eigenvalue weighted by Crippen LogP contribution is 2.12. The molecule has 1 fully saturated rings. The largest absolute Gasteiger partial charge is 0.305 e. The van der Waals surface area contributed by atoms with Gasteiger partial charge in [0.25, 0.3) is 0 Å². The van der Waals surface area contributed by atoms with Gasteiger partial charge in [0.15, 0.2) is 0 Å². The van der Waals surface area contributed by atoms with Gasteiger partial charge in [-0.05, 0) is 52.9 Å². The summed E-state index contributed by atoms with van der Waals surface area (Å²) in [5, 5.41) is 1.17. The highest BCUT2D eigenvalue weighted by molar-refractivity contribution is 9.09. The molecule has 1 atom stereocenters. The van der Waals surface area contributed by atoms with Crippen molar-refractivity contribution in [1.82, 2.24) is 9.80 Å². The summed E-state index contributed by atoms with van der Waals surface area (Å²) in [5.41, 5.74) is 0. The lowest BCUT2D eigenvalue weighted by atomic mass is 10.1. The molecule has 2 nitrogen and oxygen atoms in total. The molecule has 0 N–H and O–H groups in total. The summed E-state index contributed by atoms with van der Waals surface area (Å²) < 4.78 is 0. The van der Waals surface area contributed by atoms with Gasteiger partial charge in [-0.3, -0.25) is 4.90 Å². The van der Waals surface area contributed by atoms with E-state index in [1.54, 1.807) is 0 Å². The summed E-state index contributed by atoms with van der Waals surface area (Å²) in [6.07, 6.45) is 11.2. The third kappa shape index (κ3) is 8.31. The number of halogens is 1. The van der Waals surface area contributed by atoms with E-state index in [9.17, 15) is 0 Å². The van der Waals surface area contributed by atoms with Gasteiger partial charge in [-0.25, -0.2) is 0 Å². The zero-order chi connectivity index (χ0) is 13.9. The van der Waals surface area contributed by atoms with Crippen LogP contribution < -0.4 is 0 Å². The highest BCUT2D eigenvalue weighted by Gasteiger charge is 2.18. The highest BCUT2D eigenvalue weighted by atomic mass is 79.9. The molecule has 0 aromatic rings. The van der Waals surface area contributed by atoms with Crippen LogP contribution >= 0.6 is 15.9 Å². The van der Waals surface area contributed by atoms with Crippen molar-refractivity contribution in [3.8, 4) is 0 Å². The Kier molecular flexibility index (Phi) is 10.2. The number of hydrogen-bond acceptors (Lipinski definition) is 2. The van der Waals surface area contributed by atoms with Crippen LogP contribution in [-0.2, 0) is 0 Å². The molecule has 0 saturated carbocycles. The maximum absolute atomic E-state index is 3.49. The predicted molar refractivity (Wildman–Crippen MR) is 89.3 cm³/mol. The number of rotatable bonds is 9. The molecule has 0 aliphatic carbocycles. The lowest BCUT2D eigenvalue weighted by Gasteiger charge is -2.27. The van der Waals surface area contributed by atoms with Gasteiger partial charge in [0.1, 0.15) is 0 Å². The van der Waals surface area contributed by atoms with Gasteiger partial charge < -0.3 is 4.90 Å². The summed E-state index contributed by atoms with van der Waals surface area (Å²) in [6.45, 7) is 7.52. The molecular formula is C16H33BrN2. The molecule has 3 heteroatoms. The Balaban J connectivity index is 1.99. The second-order valence-corrected chi connectivity index (χ2v) is 6.96. The SMILES string of the molecule is CC1CN(C)CCCN1CCCCCCCCCBr. The van der Waals surface area contributed by atoms with E-state index >= 15 is 0 Å². The number of unbranched alkanes of at least 4 members (excludes halogenated alkanes) is 6. The lowest BCUT2D eigenvalue weighted by Crippen LogP contribution is -2.38. The van der Waals surface area contributed by atoms with Crippen LogP contribution in [0.4, 0.5) is 0 Å². The van der Waals surface area contributed by atoms with E-state index < -0.39 is 0 Å². The van der Waals surface area contributed by atoms with Crippen molar-refractivity contribution in [1.29, 1.82) is 0 Å². The van der Waals surface area contributed by atoms with Crippen LogP contribution in [0.25, 0.3) is 0 Å². The van der Waals surface area contributed by atoms with Crippen molar-refractivity contribution in [3.63, 3.8) is 0 Å². The Bertz CT molecular complexity index is 211. The predicted octanol–water partition coefficient (Wildman–Crippen LogP) is 4.14. The number of likely N-dealkylation sites (N-methyl/N-ethyl adjacent to an activating group) is 1. The first-order chi connectivity index (χ1) is 9.24. The van der Waals surface area contributed by atoms with Gasteiger partial charge in [0, 0.05) is 17.9 Å². The summed E-state index contributed by atoms with van der Waals surface area (Å²) in [7, 11) is 2.26. The fourth-order valence-corrected chi connectivity index (χ4v) is 3.44. The second-order valence-electron chi connectivity index (χ2n) is 6.16. The van der Waals surface area contributed by atoms with Crippen LogP contribution in [0.3, 0.4) is 0 Å². The molecule has 0 amide bonds. The average molecular weight is 333 g/mol. The van der Waals surface area contributed by atoms with Crippen LogP contribution in [0, 0.1) is 0 Å². The third-order valence-electron chi connectivity index (χ3n) is 4.26. The molecule has 0 radical (unpaired) electrons. The molecule has 114 valence electrons. The first-order valence-corrected chi connectivity index (χ1v) is 9.34. The molecule has 1 aliphatic heterocycles. The van der Waals surface area contributed by atoms with Crippen molar-refractivity contribution in [2.45, 2.75) is 64.3 Å². The Hall–Kier alpha value is 0.400. The first-order valence-electron chi connectivity index (χ1n) is 8.22. The summed E-state index contributed by atoms with van der Waals surface area (Å²) >= 11 is 3.49. The molecule has 1 aliphatic rings. The van der Waals surface area contributed by atoms with Crippen LogP contribution in [-0.4, -0.2) is 54.4 Å². The zero-order valence-electron chi connectivity index (χ0n) is 13.0. The third-order valence-corrected chi connectivity index (χ3v) is 4.82. The van der Waals surface area contributed by atoms with E-state index in [2.05, 4.69) is 39.7 Å². The smallest absolute Gasteiger partial charge is 0.0194 e. The van der Waals surface area contributed by atoms with Gasteiger partial charge in [-0.15, -0.1) is 0 Å². The topological polar surface area (TPSA) is 6.48 Å².